The highest BCUT2D eigenvalue weighted by atomic mass is 16.1. The van der Waals surface area contributed by atoms with Gasteiger partial charge in [0.2, 0.25) is 0 Å². The molecule has 2 heterocycles. The van der Waals surface area contributed by atoms with Gasteiger partial charge in [0.25, 0.3) is 5.56 Å². The van der Waals surface area contributed by atoms with E-state index in [1.807, 2.05) is 24.7 Å². The largest absolute Gasteiger partial charge is 0.331 e. The predicted octanol–water partition coefficient (Wildman–Crippen LogP) is 1.04. The number of aryl methyl sites for hydroxylation is 2. The molecule has 5 heteroatoms. The number of hydrogen-bond acceptors (Lipinski definition) is 3. The molecule has 84 valence electrons. The van der Waals surface area contributed by atoms with Crippen LogP contribution in [0.4, 0.5) is 0 Å². The van der Waals surface area contributed by atoms with Crippen LogP contribution in [0.15, 0.2) is 17.2 Å². The molecule has 0 aromatic carbocycles. The van der Waals surface area contributed by atoms with Gasteiger partial charge in [-0.25, -0.2) is 9.97 Å². The minimum absolute atomic E-state index is 0.0927. The van der Waals surface area contributed by atoms with Crippen LogP contribution in [0.1, 0.15) is 18.2 Å². The van der Waals surface area contributed by atoms with Crippen LogP contribution < -0.4 is 5.56 Å². The second-order valence-electron chi connectivity index (χ2n) is 3.70. The fraction of sp³-hybridized carbons (Fsp3) is 0.364. The number of aromatic nitrogens is 4. The summed E-state index contributed by atoms with van der Waals surface area (Å²) in [6.07, 6.45) is 4.24. The Hall–Kier alpha value is -1.91. The molecule has 0 fully saturated rings. The molecule has 0 unspecified atom stereocenters. The van der Waals surface area contributed by atoms with Gasteiger partial charge in [-0.05, 0) is 13.3 Å². The van der Waals surface area contributed by atoms with E-state index in [1.54, 1.807) is 13.1 Å². The van der Waals surface area contributed by atoms with Crippen LogP contribution in [0.5, 0.6) is 0 Å². The zero-order valence-electron chi connectivity index (χ0n) is 9.61. The van der Waals surface area contributed by atoms with E-state index in [2.05, 4.69) is 15.0 Å². The van der Waals surface area contributed by atoms with Crippen molar-refractivity contribution in [1.82, 2.24) is 19.5 Å². The summed E-state index contributed by atoms with van der Waals surface area (Å²) >= 11 is 0. The van der Waals surface area contributed by atoms with Crippen molar-refractivity contribution in [3.05, 3.63) is 34.0 Å². The molecule has 2 aromatic heterocycles. The molecule has 0 amide bonds. The molecular formula is C11H14N4O. The van der Waals surface area contributed by atoms with Gasteiger partial charge in [0.15, 0.2) is 11.6 Å². The summed E-state index contributed by atoms with van der Waals surface area (Å²) in [5.74, 6) is 1.20. The van der Waals surface area contributed by atoms with Gasteiger partial charge in [0.05, 0.1) is 5.69 Å². The number of hydrogen-bond donors (Lipinski definition) is 1. The summed E-state index contributed by atoms with van der Waals surface area (Å²) in [5.41, 5.74) is 1.41. The third kappa shape index (κ3) is 1.64. The van der Waals surface area contributed by atoms with Gasteiger partial charge < -0.3 is 9.55 Å². The standard InChI is InChI=1S/C11H14N4O/c1-4-8-7(2)11(16)14-9(13-8)10-12-5-6-15(10)3/h5-6H,4H2,1-3H3,(H,13,14,16). The molecule has 5 nitrogen and oxygen atoms in total. The molecule has 0 atom stereocenters. The molecule has 0 aliphatic carbocycles. The van der Waals surface area contributed by atoms with Crippen molar-refractivity contribution in [1.29, 1.82) is 0 Å². The molecule has 2 rings (SSSR count). The van der Waals surface area contributed by atoms with E-state index in [-0.39, 0.29) is 5.56 Å². The Kier molecular flexibility index (Phi) is 2.60. The fourth-order valence-electron chi connectivity index (χ4n) is 1.62. The van der Waals surface area contributed by atoms with Crippen LogP contribution in [-0.2, 0) is 13.5 Å². The van der Waals surface area contributed by atoms with E-state index in [1.165, 1.54) is 0 Å². The lowest BCUT2D eigenvalue weighted by atomic mass is 10.2. The highest BCUT2D eigenvalue weighted by Gasteiger charge is 2.10. The third-order valence-electron chi connectivity index (χ3n) is 2.62. The SMILES string of the molecule is CCc1nc(-c2nccn2C)[nH]c(=O)c1C. The zero-order chi connectivity index (χ0) is 11.7. The maximum absolute atomic E-state index is 11.7. The van der Waals surface area contributed by atoms with Crippen LogP contribution >= 0.6 is 0 Å². The Morgan fingerprint density at radius 1 is 1.50 bits per heavy atom. The molecule has 2 aromatic rings. The summed E-state index contributed by atoms with van der Waals surface area (Å²) in [7, 11) is 1.87. The number of nitrogens with zero attached hydrogens (tertiary/aromatic N) is 3. The average Bonchev–Trinajstić information content (AvgIpc) is 2.68. The van der Waals surface area contributed by atoms with Crippen molar-refractivity contribution in [3.63, 3.8) is 0 Å². The van der Waals surface area contributed by atoms with Crippen LogP contribution in [0.25, 0.3) is 11.6 Å². The molecule has 0 aliphatic heterocycles. The maximum atomic E-state index is 11.7. The van der Waals surface area contributed by atoms with Crippen molar-refractivity contribution in [3.8, 4) is 11.6 Å². The Bertz CT molecular complexity index is 568. The van der Waals surface area contributed by atoms with Crippen molar-refractivity contribution >= 4 is 0 Å². The van der Waals surface area contributed by atoms with Crippen molar-refractivity contribution in [2.45, 2.75) is 20.3 Å². The smallest absolute Gasteiger partial charge is 0.254 e. The Morgan fingerprint density at radius 3 is 2.81 bits per heavy atom. The summed E-state index contributed by atoms with van der Waals surface area (Å²) in [6.45, 7) is 3.77. The first-order valence-electron chi connectivity index (χ1n) is 5.21. The Morgan fingerprint density at radius 2 is 2.25 bits per heavy atom. The quantitative estimate of drug-likeness (QED) is 0.819. The third-order valence-corrected chi connectivity index (χ3v) is 2.62. The lowest BCUT2D eigenvalue weighted by Crippen LogP contribution is -2.16. The maximum Gasteiger partial charge on any atom is 0.254 e. The van der Waals surface area contributed by atoms with Crippen molar-refractivity contribution in [2.75, 3.05) is 0 Å². The van der Waals surface area contributed by atoms with E-state index in [9.17, 15) is 4.79 Å². The zero-order valence-corrected chi connectivity index (χ0v) is 9.61. The number of H-pyrrole nitrogens is 1. The van der Waals surface area contributed by atoms with Gasteiger partial charge in [0.1, 0.15) is 0 Å². The predicted molar refractivity (Wildman–Crippen MR) is 61.2 cm³/mol. The van der Waals surface area contributed by atoms with E-state index in [4.69, 9.17) is 0 Å². The van der Waals surface area contributed by atoms with Gasteiger partial charge >= 0.3 is 0 Å². The lowest BCUT2D eigenvalue weighted by molar-refractivity contribution is 0.882. The van der Waals surface area contributed by atoms with Crippen LogP contribution in [0, 0.1) is 6.92 Å². The molecule has 1 N–H and O–H groups in total. The molecule has 16 heavy (non-hydrogen) atoms. The first-order valence-corrected chi connectivity index (χ1v) is 5.21. The minimum atomic E-state index is -0.0927. The second kappa shape index (κ2) is 3.92. The first kappa shape index (κ1) is 10.6. The topological polar surface area (TPSA) is 63.6 Å². The van der Waals surface area contributed by atoms with Crippen LogP contribution in [0.2, 0.25) is 0 Å². The lowest BCUT2D eigenvalue weighted by Gasteiger charge is -2.05. The summed E-state index contributed by atoms with van der Waals surface area (Å²) in [4.78, 5) is 23.0. The highest BCUT2D eigenvalue weighted by Crippen LogP contribution is 2.11. The Balaban J connectivity index is 2.64. The second-order valence-corrected chi connectivity index (χ2v) is 3.70. The molecule has 0 saturated carbocycles. The van der Waals surface area contributed by atoms with Crippen LogP contribution in [-0.4, -0.2) is 19.5 Å². The monoisotopic (exact) mass is 218 g/mol. The normalized spacial score (nSPS) is 10.7. The average molecular weight is 218 g/mol. The van der Waals surface area contributed by atoms with Gasteiger partial charge in [-0.2, -0.15) is 0 Å². The number of aromatic amines is 1. The van der Waals surface area contributed by atoms with E-state index in [0.29, 0.717) is 17.2 Å². The molecule has 0 spiro atoms. The summed E-state index contributed by atoms with van der Waals surface area (Å²) in [6, 6.07) is 0. The van der Waals surface area contributed by atoms with E-state index in [0.717, 1.165) is 12.1 Å². The van der Waals surface area contributed by atoms with Crippen LogP contribution in [0.3, 0.4) is 0 Å². The van der Waals surface area contributed by atoms with Crippen molar-refractivity contribution in [2.24, 2.45) is 7.05 Å². The van der Waals surface area contributed by atoms with Gasteiger partial charge in [-0.1, -0.05) is 6.92 Å². The molecular weight excluding hydrogens is 204 g/mol. The van der Waals surface area contributed by atoms with Crippen molar-refractivity contribution < 1.29 is 0 Å². The molecule has 0 bridgehead atoms. The summed E-state index contributed by atoms with van der Waals surface area (Å²) < 4.78 is 1.83. The highest BCUT2D eigenvalue weighted by molar-refractivity contribution is 5.44. The van der Waals surface area contributed by atoms with E-state index < -0.39 is 0 Å². The number of rotatable bonds is 2. The molecule has 0 aliphatic rings. The van der Waals surface area contributed by atoms with E-state index >= 15 is 0 Å². The minimum Gasteiger partial charge on any atom is -0.331 e. The summed E-state index contributed by atoms with van der Waals surface area (Å²) in [5, 5.41) is 0. The number of imidazole rings is 1. The van der Waals surface area contributed by atoms with Gasteiger partial charge in [-0.3, -0.25) is 4.79 Å². The number of nitrogens with one attached hydrogen (secondary N) is 1. The molecule has 0 radical (unpaired) electrons. The van der Waals surface area contributed by atoms with Gasteiger partial charge in [0, 0.05) is 25.0 Å². The fourth-order valence-corrected chi connectivity index (χ4v) is 1.62. The Labute approximate surface area is 93.2 Å². The first-order chi connectivity index (χ1) is 7.63. The van der Waals surface area contributed by atoms with Gasteiger partial charge in [-0.15, -0.1) is 0 Å². The molecule has 0 saturated heterocycles.